The molecule has 2 aromatic rings. The molecule has 0 saturated heterocycles. The summed E-state index contributed by atoms with van der Waals surface area (Å²) in [6.07, 6.45) is 1.78. The number of carbonyl (C=O) groups excluding carboxylic acids is 1. The predicted molar refractivity (Wildman–Crippen MR) is 105 cm³/mol. The molecule has 1 heterocycles. The molecule has 3 heteroatoms. The van der Waals surface area contributed by atoms with Gasteiger partial charge in [0.1, 0.15) is 18.1 Å². The summed E-state index contributed by atoms with van der Waals surface area (Å²) in [5.41, 5.74) is 3.78. The molecule has 0 unspecified atom stereocenters. The number of hydrogen-bond acceptors (Lipinski definition) is 3. The largest absolute Gasteiger partial charge is 0.489 e. The maximum absolute atomic E-state index is 12.6. The van der Waals surface area contributed by atoms with Crippen molar-refractivity contribution in [3.05, 3.63) is 77.1 Å². The van der Waals surface area contributed by atoms with Gasteiger partial charge in [-0.3, -0.25) is 4.79 Å². The minimum atomic E-state index is -0.105. The lowest BCUT2D eigenvalue weighted by molar-refractivity contribution is 0.101. The molecule has 0 amide bonds. The van der Waals surface area contributed by atoms with Crippen LogP contribution in [0.2, 0.25) is 0 Å². The highest BCUT2D eigenvalue weighted by Crippen LogP contribution is 2.35. The number of fused-ring (bicyclic) bond motifs is 1. The van der Waals surface area contributed by atoms with Crippen LogP contribution in [0.5, 0.6) is 11.5 Å². The van der Waals surface area contributed by atoms with Gasteiger partial charge in [-0.1, -0.05) is 51.6 Å². The van der Waals surface area contributed by atoms with Gasteiger partial charge in [-0.05, 0) is 47.2 Å². The van der Waals surface area contributed by atoms with Crippen molar-refractivity contribution >= 4 is 11.9 Å². The van der Waals surface area contributed by atoms with E-state index in [4.69, 9.17) is 9.47 Å². The van der Waals surface area contributed by atoms with Crippen LogP contribution >= 0.6 is 0 Å². The zero-order valence-electron chi connectivity index (χ0n) is 15.8. The molecule has 1 aliphatic rings. The van der Waals surface area contributed by atoms with Crippen molar-refractivity contribution in [3.63, 3.8) is 0 Å². The van der Waals surface area contributed by atoms with Crippen LogP contribution in [0.25, 0.3) is 6.08 Å². The van der Waals surface area contributed by atoms with E-state index >= 15 is 0 Å². The summed E-state index contributed by atoms with van der Waals surface area (Å²) in [5.74, 6) is 1.43. The van der Waals surface area contributed by atoms with E-state index in [0.717, 1.165) is 11.1 Å². The molecule has 0 aromatic heterocycles. The lowest BCUT2D eigenvalue weighted by atomic mass is 9.86. The molecular formula is C23H24O3. The van der Waals surface area contributed by atoms with Gasteiger partial charge in [-0.25, -0.2) is 0 Å². The van der Waals surface area contributed by atoms with E-state index in [-0.39, 0.29) is 11.2 Å². The summed E-state index contributed by atoms with van der Waals surface area (Å²) < 4.78 is 11.4. The average Bonchev–Trinajstić information content (AvgIpc) is 2.88. The number of carbonyl (C=O) groups is 1. The van der Waals surface area contributed by atoms with E-state index in [0.29, 0.717) is 29.4 Å². The summed E-state index contributed by atoms with van der Waals surface area (Å²) >= 11 is 0. The van der Waals surface area contributed by atoms with Gasteiger partial charge in [0.05, 0.1) is 5.56 Å². The molecular weight excluding hydrogens is 324 g/mol. The molecule has 0 aliphatic carbocycles. The fraction of sp³-hybridized carbons (Fsp3) is 0.261. The van der Waals surface area contributed by atoms with Crippen LogP contribution in [-0.2, 0) is 5.41 Å². The van der Waals surface area contributed by atoms with E-state index < -0.39 is 0 Å². The molecule has 3 nitrogen and oxygen atoms in total. The van der Waals surface area contributed by atoms with Gasteiger partial charge in [-0.2, -0.15) is 0 Å². The molecule has 26 heavy (non-hydrogen) atoms. The standard InChI is InChI=1S/C23H24O3/c1-15(2)14-25-18-10-11-19-20(13-18)26-21(22(19)24)12-16-6-8-17(9-7-16)23(3,4)5/h6-13H,1,14H2,2-5H3/b21-12-. The summed E-state index contributed by atoms with van der Waals surface area (Å²) in [6.45, 7) is 12.7. The monoisotopic (exact) mass is 348 g/mol. The van der Waals surface area contributed by atoms with E-state index in [1.165, 1.54) is 5.56 Å². The first-order valence-electron chi connectivity index (χ1n) is 8.70. The van der Waals surface area contributed by atoms with Crippen molar-refractivity contribution < 1.29 is 14.3 Å². The molecule has 1 aliphatic heterocycles. The molecule has 2 aromatic carbocycles. The Balaban J connectivity index is 1.80. The van der Waals surface area contributed by atoms with Crippen molar-refractivity contribution in [2.24, 2.45) is 0 Å². The van der Waals surface area contributed by atoms with Gasteiger partial charge in [0.2, 0.25) is 5.78 Å². The van der Waals surface area contributed by atoms with Crippen molar-refractivity contribution in [1.29, 1.82) is 0 Å². The third-order valence-corrected chi connectivity index (χ3v) is 4.20. The highest BCUT2D eigenvalue weighted by atomic mass is 16.5. The number of benzene rings is 2. The topological polar surface area (TPSA) is 35.5 Å². The Labute approximate surface area is 155 Å². The van der Waals surface area contributed by atoms with Crippen molar-refractivity contribution in [2.75, 3.05) is 6.61 Å². The fourth-order valence-corrected chi connectivity index (χ4v) is 2.69. The zero-order chi connectivity index (χ0) is 18.9. The van der Waals surface area contributed by atoms with Crippen molar-refractivity contribution in [2.45, 2.75) is 33.1 Å². The second-order valence-corrected chi connectivity index (χ2v) is 7.72. The first kappa shape index (κ1) is 18.0. The Bertz CT molecular complexity index is 881. The Kier molecular flexibility index (Phi) is 4.73. The highest BCUT2D eigenvalue weighted by molar-refractivity contribution is 6.14. The third kappa shape index (κ3) is 3.88. The number of allylic oxidation sites excluding steroid dienone is 1. The summed E-state index contributed by atoms with van der Waals surface area (Å²) in [7, 11) is 0. The van der Waals surface area contributed by atoms with Crippen LogP contribution < -0.4 is 9.47 Å². The Morgan fingerprint density at radius 3 is 2.46 bits per heavy atom. The molecule has 3 rings (SSSR count). The van der Waals surface area contributed by atoms with Gasteiger partial charge in [0.25, 0.3) is 0 Å². The summed E-state index contributed by atoms with van der Waals surface area (Å²) in [5, 5.41) is 0. The number of ether oxygens (including phenoxy) is 2. The first-order valence-corrected chi connectivity index (χ1v) is 8.70. The van der Waals surface area contributed by atoms with Crippen LogP contribution in [0, 0.1) is 0 Å². The van der Waals surface area contributed by atoms with Gasteiger partial charge < -0.3 is 9.47 Å². The van der Waals surface area contributed by atoms with Gasteiger partial charge in [0, 0.05) is 6.07 Å². The average molecular weight is 348 g/mol. The normalized spacial score (nSPS) is 14.9. The molecule has 0 atom stereocenters. The zero-order valence-corrected chi connectivity index (χ0v) is 15.8. The molecule has 134 valence electrons. The van der Waals surface area contributed by atoms with Crippen molar-refractivity contribution in [1.82, 2.24) is 0 Å². The Hall–Kier alpha value is -2.81. The maximum atomic E-state index is 12.6. The second-order valence-electron chi connectivity index (χ2n) is 7.72. The molecule has 0 spiro atoms. The second kappa shape index (κ2) is 6.83. The molecule has 0 radical (unpaired) electrons. The highest BCUT2D eigenvalue weighted by Gasteiger charge is 2.27. The molecule has 0 fully saturated rings. The van der Waals surface area contributed by atoms with E-state index in [2.05, 4.69) is 39.5 Å². The number of ketones is 1. The van der Waals surface area contributed by atoms with Crippen LogP contribution in [0.15, 0.2) is 60.4 Å². The lowest BCUT2D eigenvalue weighted by Crippen LogP contribution is -2.10. The molecule has 0 saturated carbocycles. The Morgan fingerprint density at radius 2 is 1.85 bits per heavy atom. The van der Waals surface area contributed by atoms with Crippen LogP contribution in [0.3, 0.4) is 0 Å². The summed E-state index contributed by atoms with van der Waals surface area (Å²) in [6, 6.07) is 13.5. The van der Waals surface area contributed by atoms with Crippen LogP contribution in [0.1, 0.15) is 49.2 Å². The predicted octanol–water partition coefficient (Wildman–Crippen LogP) is 5.56. The van der Waals surface area contributed by atoms with E-state index in [1.54, 1.807) is 24.3 Å². The number of Topliss-reactive ketones (excluding diaryl/α,β-unsaturated/α-hetero) is 1. The molecule has 0 N–H and O–H groups in total. The smallest absolute Gasteiger partial charge is 0.231 e. The van der Waals surface area contributed by atoms with E-state index in [9.17, 15) is 4.79 Å². The third-order valence-electron chi connectivity index (χ3n) is 4.20. The van der Waals surface area contributed by atoms with Gasteiger partial charge in [0.15, 0.2) is 5.76 Å². The van der Waals surface area contributed by atoms with Crippen LogP contribution in [-0.4, -0.2) is 12.4 Å². The van der Waals surface area contributed by atoms with Crippen LogP contribution in [0.4, 0.5) is 0 Å². The maximum Gasteiger partial charge on any atom is 0.231 e. The lowest BCUT2D eigenvalue weighted by Gasteiger charge is -2.18. The minimum absolute atomic E-state index is 0.0990. The number of rotatable bonds is 4. The van der Waals surface area contributed by atoms with E-state index in [1.807, 2.05) is 19.1 Å². The van der Waals surface area contributed by atoms with Crippen molar-refractivity contribution in [3.8, 4) is 11.5 Å². The number of hydrogen-bond donors (Lipinski definition) is 0. The fourth-order valence-electron chi connectivity index (χ4n) is 2.69. The molecule has 0 bridgehead atoms. The quantitative estimate of drug-likeness (QED) is 0.536. The van der Waals surface area contributed by atoms with Gasteiger partial charge >= 0.3 is 0 Å². The minimum Gasteiger partial charge on any atom is -0.489 e. The SMILES string of the molecule is C=C(C)COc1ccc2c(c1)O/C(=C\c1ccc(C(C)(C)C)cc1)C2=O. The van der Waals surface area contributed by atoms with Gasteiger partial charge in [-0.15, -0.1) is 0 Å². The first-order chi connectivity index (χ1) is 12.2. The summed E-state index contributed by atoms with van der Waals surface area (Å²) in [4.78, 5) is 12.6. The Morgan fingerprint density at radius 1 is 1.15 bits per heavy atom.